The van der Waals surface area contributed by atoms with Gasteiger partial charge >= 0.3 is 0 Å². The summed E-state index contributed by atoms with van der Waals surface area (Å²) in [6.45, 7) is 2.55. The lowest BCUT2D eigenvalue weighted by molar-refractivity contribution is -0.146. The molecule has 1 fully saturated rings. The second-order valence-corrected chi connectivity index (χ2v) is 5.31. The molecule has 0 saturated carbocycles. The van der Waals surface area contributed by atoms with E-state index in [4.69, 9.17) is 0 Å². The summed E-state index contributed by atoms with van der Waals surface area (Å²) < 4.78 is 0. The van der Waals surface area contributed by atoms with Gasteiger partial charge in [0.1, 0.15) is 0 Å². The topological polar surface area (TPSA) is 81.2 Å². The van der Waals surface area contributed by atoms with Crippen LogP contribution >= 0.6 is 0 Å². The van der Waals surface area contributed by atoms with Crippen LogP contribution in [0.4, 0.5) is 0 Å². The second kappa shape index (κ2) is 7.33. The smallest absolute Gasteiger partial charge is 0.253 e. The Morgan fingerprint density at radius 2 is 1.62 bits per heavy atom. The Labute approximate surface area is 123 Å². The number of hydrogen-bond donors (Lipinski definition) is 1. The van der Waals surface area contributed by atoms with E-state index in [9.17, 15) is 19.6 Å². The van der Waals surface area contributed by atoms with Crippen molar-refractivity contribution in [1.29, 1.82) is 0 Å². The number of amides is 3. The van der Waals surface area contributed by atoms with Crippen molar-refractivity contribution >= 4 is 17.7 Å². The van der Waals surface area contributed by atoms with E-state index in [0.29, 0.717) is 39.1 Å². The van der Waals surface area contributed by atoms with Gasteiger partial charge in [-0.2, -0.15) is 5.06 Å². The number of nitrogens with zero attached hydrogens (tertiary/aromatic N) is 3. The van der Waals surface area contributed by atoms with Gasteiger partial charge in [-0.05, 0) is 12.8 Å². The summed E-state index contributed by atoms with van der Waals surface area (Å²) in [5.74, 6) is -0.394. The van der Waals surface area contributed by atoms with Crippen molar-refractivity contribution in [2.45, 2.75) is 25.7 Å². The molecule has 0 unspecified atom stereocenters. The molecule has 0 radical (unpaired) electrons. The molecule has 2 rings (SSSR count). The highest BCUT2D eigenvalue weighted by atomic mass is 16.5. The van der Waals surface area contributed by atoms with E-state index >= 15 is 0 Å². The lowest BCUT2D eigenvalue weighted by Gasteiger charge is -2.31. The maximum Gasteiger partial charge on any atom is 0.253 e. The number of rotatable bonds is 6. The zero-order valence-electron chi connectivity index (χ0n) is 12.0. The Kier molecular flexibility index (Phi) is 5.46. The van der Waals surface area contributed by atoms with Gasteiger partial charge < -0.3 is 10.1 Å². The average molecular weight is 295 g/mol. The van der Waals surface area contributed by atoms with Crippen molar-refractivity contribution < 1.29 is 19.6 Å². The highest BCUT2D eigenvalue weighted by Crippen LogP contribution is 2.09. The number of hydrogen-bond acceptors (Lipinski definition) is 5. The summed E-state index contributed by atoms with van der Waals surface area (Å²) in [7, 11) is 0. The van der Waals surface area contributed by atoms with Gasteiger partial charge in [0.15, 0.2) is 0 Å². The fraction of sp³-hybridized carbons (Fsp3) is 0.643. The summed E-state index contributed by atoms with van der Waals surface area (Å²) in [5.41, 5.74) is 0. The van der Waals surface area contributed by atoms with E-state index in [2.05, 4.69) is 0 Å². The average Bonchev–Trinajstić information content (AvgIpc) is 2.79. The van der Waals surface area contributed by atoms with Crippen LogP contribution in [0, 0.1) is 0 Å². The molecule has 0 spiro atoms. The van der Waals surface area contributed by atoms with Crippen LogP contribution in [-0.2, 0) is 14.4 Å². The lowest BCUT2D eigenvalue weighted by Crippen LogP contribution is -2.47. The molecule has 0 aromatic rings. The highest BCUT2D eigenvalue weighted by molar-refractivity contribution is 6.12. The standard InChI is InChI=1S/C14H21N3O4/c18-12(15-8-10-16(21)11-9-15)4-2-1-3-7-17-13(19)5-6-14(17)20/h5-6,21H,1-4,7-11H2. The Bertz CT molecular complexity index is 424. The van der Waals surface area contributed by atoms with Gasteiger partial charge in [0.2, 0.25) is 5.91 Å². The maximum absolute atomic E-state index is 11.9. The number of imide groups is 1. The van der Waals surface area contributed by atoms with Gasteiger partial charge in [-0.1, -0.05) is 6.42 Å². The number of hydroxylamine groups is 2. The fourth-order valence-electron chi connectivity index (χ4n) is 2.48. The van der Waals surface area contributed by atoms with Gasteiger partial charge in [0, 0.05) is 51.3 Å². The van der Waals surface area contributed by atoms with Crippen molar-refractivity contribution in [2.24, 2.45) is 0 Å². The van der Waals surface area contributed by atoms with Crippen LogP contribution in [0.1, 0.15) is 25.7 Å². The van der Waals surface area contributed by atoms with Crippen molar-refractivity contribution in [2.75, 3.05) is 32.7 Å². The van der Waals surface area contributed by atoms with E-state index in [1.807, 2.05) is 0 Å². The summed E-state index contributed by atoms with van der Waals surface area (Å²) in [6, 6.07) is 0. The molecule has 1 saturated heterocycles. The predicted octanol–water partition coefficient (Wildman–Crippen LogP) is 0.00520. The van der Waals surface area contributed by atoms with E-state index < -0.39 is 0 Å². The van der Waals surface area contributed by atoms with Gasteiger partial charge in [-0.25, -0.2) is 0 Å². The van der Waals surface area contributed by atoms with E-state index in [0.717, 1.165) is 19.3 Å². The maximum atomic E-state index is 11.9. The molecular weight excluding hydrogens is 274 g/mol. The van der Waals surface area contributed by atoms with Gasteiger partial charge in [0.05, 0.1) is 0 Å². The van der Waals surface area contributed by atoms with Crippen LogP contribution in [-0.4, -0.2) is 70.5 Å². The summed E-state index contributed by atoms with van der Waals surface area (Å²) >= 11 is 0. The van der Waals surface area contributed by atoms with Crippen LogP contribution in [0.25, 0.3) is 0 Å². The third kappa shape index (κ3) is 4.37. The molecular formula is C14H21N3O4. The monoisotopic (exact) mass is 295 g/mol. The quantitative estimate of drug-likeness (QED) is 0.551. The van der Waals surface area contributed by atoms with Crippen molar-refractivity contribution in [3.05, 3.63) is 12.2 Å². The third-order valence-corrected chi connectivity index (χ3v) is 3.78. The van der Waals surface area contributed by atoms with Crippen LogP contribution < -0.4 is 0 Å². The molecule has 21 heavy (non-hydrogen) atoms. The number of carbonyl (C=O) groups excluding carboxylic acids is 3. The van der Waals surface area contributed by atoms with Crippen LogP contribution in [0.5, 0.6) is 0 Å². The van der Waals surface area contributed by atoms with Crippen LogP contribution in [0.2, 0.25) is 0 Å². The minimum Gasteiger partial charge on any atom is -0.340 e. The number of unbranched alkanes of at least 4 members (excludes halogenated alkanes) is 2. The van der Waals surface area contributed by atoms with Gasteiger partial charge in [-0.3, -0.25) is 19.3 Å². The first-order valence-electron chi connectivity index (χ1n) is 7.33. The Morgan fingerprint density at radius 3 is 2.24 bits per heavy atom. The zero-order valence-corrected chi connectivity index (χ0v) is 12.0. The molecule has 7 nitrogen and oxygen atoms in total. The summed E-state index contributed by atoms with van der Waals surface area (Å²) in [5, 5.41) is 10.5. The summed E-state index contributed by atoms with van der Waals surface area (Å²) in [4.78, 5) is 37.6. The van der Waals surface area contributed by atoms with Crippen molar-refractivity contribution in [1.82, 2.24) is 14.9 Å². The first-order chi connectivity index (χ1) is 10.1. The van der Waals surface area contributed by atoms with Crippen LogP contribution in [0.3, 0.4) is 0 Å². The molecule has 3 amide bonds. The first kappa shape index (κ1) is 15.7. The normalized spacial score (nSPS) is 19.7. The molecule has 1 N–H and O–H groups in total. The first-order valence-corrected chi connectivity index (χ1v) is 7.33. The van der Waals surface area contributed by atoms with Crippen molar-refractivity contribution in [3.8, 4) is 0 Å². The SMILES string of the molecule is O=C(CCCCCN1C(=O)C=CC1=O)N1CCN(O)CC1. The van der Waals surface area contributed by atoms with Gasteiger partial charge in [-0.15, -0.1) is 0 Å². The van der Waals surface area contributed by atoms with Crippen molar-refractivity contribution in [3.63, 3.8) is 0 Å². The number of carbonyl (C=O) groups is 3. The molecule has 0 aliphatic carbocycles. The third-order valence-electron chi connectivity index (χ3n) is 3.78. The molecule has 0 aromatic carbocycles. The Hall–Kier alpha value is -1.73. The van der Waals surface area contributed by atoms with E-state index in [-0.39, 0.29) is 17.7 Å². The molecule has 0 bridgehead atoms. The molecule has 2 aliphatic rings. The largest absolute Gasteiger partial charge is 0.340 e. The minimum absolute atomic E-state index is 0.109. The Morgan fingerprint density at radius 1 is 1.00 bits per heavy atom. The fourth-order valence-corrected chi connectivity index (χ4v) is 2.48. The van der Waals surface area contributed by atoms with Gasteiger partial charge in [0.25, 0.3) is 11.8 Å². The molecule has 2 heterocycles. The number of piperazine rings is 1. The highest BCUT2D eigenvalue weighted by Gasteiger charge is 2.22. The zero-order chi connectivity index (χ0) is 15.2. The van der Waals surface area contributed by atoms with E-state index in [1.165, 1.54) is 22.1 Å². The molecule has 7 heteroatoms. The Balaban J connectivity index is 1.56. The summed E-state index contributed by atoms with van der Waals surface area (Å²) in [6.07, 6.45) is 5.33. The lowest BCUT2D eigenvalue weighted by atomic mass is 10.1. The molecule has 116 valence electrons. The van der Waals surface area contributed by atoms with Crippen LogP contribution in [0.15, 0.2) is 12.2 Å². The molecule has 0 atom stereocenters. The molecule has 2 aliphatic heterocycles. The van der Waals surface area contributed by atoms with E-state index in [1.54, 1.807) is 4.90 Å². The second-order valence-electron chi connectivity index (χ2n) is 5.31. The molecule has 0 aromatic heterocycles. The minimum atomic E-state index is -0.252. The predicted molar refractivity (Wildman–Crippen MR) is 74.3 cm³/mol.